The van der Waals surface area contributed by atoms with Gasteiger partial charge in [-0.15, -0.1) is 0 Å². The van der Waals surface area contributed by atoms with Crippen LogP contribution in [0.1, 0.15) is 205 Å². The lowest BCUT2D eigenvalue weighted by Crippen LogP contribution is -2.38. The standard InChI is InChI=1S/C47H89N5O8/c1-44(2,3)57-40(53)49-33-25-19-22-28-36-50(41(54)58-45(4,5)6)34-26-20-17-15-13-14-16-18-21-27-35-51(42(55)59-46(7,8)9)37-29-23-24-30-38-52(39-31-32-48)43(56)60-47(10,11)12/h13-31,33-39H2,1-12H3,(H,49,53). The van der Waals surface area contributed by atoms with Crippen molar-refractivity contribution in [2.45, 2.75) is 227 Å². The van der Waals surface area contributed by atoms with Crippen LogP contribution in [0, 0.1) is 11.3 Å². The van der Waals surface area contributed by atoms with Crippen LogP contribution >= 0.6 is 0 Å². The number of hydrogen-bond donors (Lipinski definition) is 1. The van der Waals surface area contributed by atoms with E-state index >= 15 is 0 Å². The van der Waals surface area contributed by atoms with Gasteiger partial charge in [-0.1, -0.05) is 77.0 Å². The van der Waals surface area contributed by atoms with E-state index < -0.39 is 22.4 Å². The maximum absolute atomic E-state index is 13.0. The summed E-state index contributed by atoms with van der Waals surface area (Å²) in [5.74, 6) is 0. The summed E-state index contributed by atoms with van der Waals surface area (Å²) in [6.45, 7) is 26.6. The smallest absolute Gasteiger partial charge is 0.410 e. The molecule has 0 spiro atoms. The highest BCUT2D eigenvalue weighted by Crippen LogP contribution is 2.17. The van der Waals surface area contributed by atoms with Crippen molar-refractivity contribution in [2.75, 3.05) is 45.8 Å². The first-order valence-electron chi connectivity index (χ1n) is 23.2. The van der Waals surface area contributed by atoms with Crippen LogP contribution in [-0.2, 0) is 18.9 Å². The molecule has 0 aromatic carbocycles. The number of alkyl carbamates (subject to hydrolysis) is 1. The van der Waals surface area contributed by atoms with Gasteiger partial charge >= 0.3 is 24.4 Å². The Bertz CT molecular complexity index is 1230. The quantitative estimate of drug-likeness (QED) is 0.0573. The first-order valence-corrected chi connectivity index (χ1v) is 23.2. The molecule has 0 radical (unpaired) electrons. The largest absolute Gasteiger partial charge is 0.444 e. The van der Waals surface area contributed by atoms with Gasteiger partial charge in [-0.3, -0.25) is 0 Å². The average molecular weight is 852 g/mol. The van der Waals surface area contributed by atoms with Crippen LogP contribution in [0.2, 0.25) is 0 Å². The SMILES string of the molecule is CC(C)(C)OC(=O)NCCCCCCN(CCCCCCCCCCCCN(CCCCCCN(CCC#N)C(=O)OC(C)(C)C)C(=O)OC(C)(C)C)C(=O)OC(C)(C)C. The van der Waals surface area contributed by atoms with Gasteiger partial charge in [-0.05, 0) is 122 Å². The van der Waals surface area contributed by atoms with E-state index in [4.69, 9.17) is 24.2 Å². The number of amides is 4. The van der Waals surface area contributed by atoms with E-state index in [2.05, 4.69) is 11.4 Å². The summed E-state index contributed by atoms with van der Waals surface area (Å²) in [5.41, 5.74) is -2.16. The van der Waals surface area contributed by atoms with Crippen molar-refractivity contribution in [3.63, 3.8) is 0 Å². The molecule has 4 amide bonds. The monoisotopic (exact) mass is 852 g/mol. The summed E-state index contributed by atoms with van der Waals surface area (Å²) < 4.78 is 22.2. The zero-order chi connectivity index (χ0) is 45.7. The van der Waals surface area contributed by atoms with Crippen molar-refractivity contribution in [2.24, 2.45) is 0 Å². The minimum Gasteiger partial charge on any atom is -0.444 e. The topological polar surface area (TPSA) is 151 Å². The molecular weight excluding hydrogens is 763 g/mol. The highest BCUT2D eigenvalue weighted by Gasteiger charge is 2.24. The first kappa shape index (κ1) is 56.6. The third-order valence-corrected chi connectivity index (χ3v) is 9.18. The van der Waals surface area contributed by atoms with E-state index in [9.17, 15) is 19.2 Å². The van der Waals surface area contributed by atoms with Crippen LogP contribution in [-0.4, -0.2) is 107 Å². The van der Waals surface area contributed by atoms with Crippen LogP contribution < -0.4 is 5.32 Å². The summed E-state index contributed by atoms with van der Waals surface area (Å²) in [5, 5.41) is 11.8. The molecule has 0 fully saturated rings. The molecule has 0 heterocycles. The maximum Gasteiger partial charge on any atom is 0.410 e. The summed E-state index contributed by atoms with van der Waals surface area (Å²) in [6, 6.07) is 2.11. The second-order valence-electron chi connectivity index (χ2n) is 20.1. The van der Waals surface area contributed by atoms with Crippen molar-refractivity contribution < 1.29 is 38.1 Å². The van der Waals surface area contributed by atoms with Crippen molar-refractivity contribution in [3.05, 3.63) is 0 Å². The fourth-order valence-electron chi connectivity index (χ4n) is 6.31. The van der Waals surface area contributed by atoms with Crippen LogP contribution in [0.25, 0.3) is 0 Å². The Hall–Kier alpha value is -3.43. The van der Waals surface area contributed by atoms with Gasteiger partial charge in [0.15, 0.2) is 0 Å². The van der Waals surface area contributed by atoms with Gasteiger partial charge in [0, 0.05) is 45.8 Å². The van der Waals surface area contributed by atoms with Gasteiger partial charge in [0.25, 0.3) is 0 Å². The Kier molecular flexibility index (Phi) is 28.8. The molecule has 13 nitrogen and oxygen atoms in total. The number of nitrogens with one attached hydrogen (secondary N) is 1. The molecule has 0 aromatic rings. The van der Waals surface area contributed by atoms with E-state index in [0.29, 0.717) is 45.8 Å². The minimum absolute atomic E-state index is 0.242. The van der Waals surface area contributed by atoms with Gasteiger partial charge in [0.05, 0.1) is 12.5 Å². The molecule has 0 rings (SSSR count). The zero-order valence-electron chi connectivity index (χ0n) is 40.4. The molecule has 0 aliphatic carbocycles. The van der Waals surface area contributed by atoms with Crippen molar-refractivity contribution in [1.82, 2.24) is 20.0 Å². The van der Waals surface area contributed by atoms with Crippen LogP contribution in [0.5, 0.6) is 0 Å². The van der Waals surface area contributed by atoms with Gasteiger partial charge in [-0.25, -0.2) is 19.2 Å². The zero-order valence-corrected chi connectivity index (χ0v) is 40.4. The molecule has 0 saturated carbocycles. The Labute approximate surface area is 366 Å². The number of unbranched alkanes of at least 4 members (excludes halogenated alkanes) is 15. The van der Waals surface area contributed by atoms with Gasteiger partial charge in [0.2, 0.25) is 0 Å². The number of rotatable bonds is 29. The first-order chi connectivity index (χ1) is 27.9. The molecule has 60 heavy (non-hydrogen) atoms. The lowest BCUT2D eigenvalue weighted by molar-refractivity contribution is 0.0229. The molecule has 0 aliphatic heterocycles. The second-order valence-corrected chi connectivity index (χ2v) is 20.1. The molecule has 13 heteroatoms. The van der Waals surface area contributed by atoms with Crippen molar-refractivity contribution >= 4 is 24.4 Å². The van der Waals surface area contributed by atoms with Crippen molar-refractivity contribution in [1.29, 1.82) is 5.26 Å². The van der Waals surface area contributed by atoms with Gasteiger partial charge in [-0.2, -0.15) is 5.26 Å². The van der Waals surface area contributed by atoms with Crippen LogP contribution in [0.3, 0.4) is 0 Å². The maximum atomic E-state index is 13.0. The number of nitriles is 1. The predicted molar refractivity (Wildman–Crippen MR) is 241 cm³/mol. The average Bonchev–Trinajstić information content (AvgIpc) is 3.09. The van der Waals surface area contributed by atoms with Gasteiger partial charge < -0.3 is 39.0 Å². The molecule has 0 saturated heterocycles. The Morgan fingerprint density at radius 3 is 0.917 bits per heavy atom. The fraction of sp³-hybridized carbons (Fsp3) is 0.894. The number of carbonyl (C=O) groups excluding carboxylic acids is 4. The molecule has 0 atom stereocenters. The number of hydrogen-bond acceptors (Lipinski definition) is 9. The van der Waals surface area contributed by atoms with Crippen LogP contribution in [0.15, 0.2) is 0 Å². The van der Waals surface area contributed by atoms with E-state index in [1.165, 1.54) is 25.7 Å². The van der Waals surface area contributed by atoms with E-state index in [0.717, 1.165) is 89.9 Å². The van der Waals surface area contributed by atoms with E-state index in [-0.39, 0.29) is 30.8 Å². The number of carbonyl (C=O) groups is 4. The molecule has 0 aromatic heterocycles. The predicted octanol–water partition coefficient (Wildman–Crippen LogP) is 12.2. The van der Waals surface area contributed by atoms with Gasteiger partial charge in [0.1, 0.15) is 22.4 Å². The molecule has 0 aliphatic rings. The van der Waals surface area contributed by atoms with Crippen LogP contribution in [0.4, 0.5) is 19.2 Å². The molecule has 350 valence electrons. The summed E-state index contributed by atoms with van der Waals surface area (Å²) in [6.07, 6.45) is 17.4. The minimum atomic E-state index is -0.583. The third kappa shape index (κ3) is 35.3. The summed E-state index contributed by atoms with van der Waals surface area (Å²) >= 11 is 0. The van der Waals surface area contributed by atoms with E-state index in [1.54, 1.807) is 4.90 Å². The lowest BCUT2D eigenvalue weighted by Gasteiger charge is -2.28. The fourth-order valence-corrected chi connectivity index (χ4v) is 6.31. The molecular formula is C47H89N5O8. The molecule has 0 unspecified atom stereocenters. The Morgan fingerprint density at radius 2 is 0.650 bits per heavy atom. The summed E-state index contributed by atoms with van der Waals surface area (Å²) in [4.78, 5) is 55.7. The lowest BCUT2D eigenvalue weighted by atomic mass is 10.1. The number of nitrogens with zero attached hydrogens (tertiary/aromatic N) is 4. The Morgan fingerprint density at radius 1 is 0.400 bits per heavy atom. The molecule has 0 bridgehead atoms. The van der Waals surface area contributed by atoms with Crippen molar-refractivity contribution in [3.8, 4) is 6.07 Å². The van der Waals surface area contributed by atoms with E-state index in [1.807, 2.05) is 92.9 Å². The second kappa shape index (κ2) is 30.6. The third-order valence-electron chi connectivity index (χ3n) is 9.18. The molecule has 1 N–H and O–H groups in total. The highest BCUT2D eigenvalue weighted by atomic mass is 16.6. The summed E-state index contributed by atoms with van der Waals surface area (Å²) in [7, 11) is 0. The Balaban J connectivity index is 4.45. The highest BCUT2D eigenvalue weighted by molar-refractivity contribution is 5.69. The number of ether oxygens (including phenoxy) is 4. The normalized spacial score (nSPS) is 12.0.